The van der Waals surface area contributed by atoms with Gasteiger partial charge in [0.2, 0.25) is 11.8 Å². The minimum atomic E-state index is -4.55. The van der Waals surface area contributed by atoms with E-state index >= 15 is 0 Å². The van der Waals surface area contributed by atoms with Crippen LogP contribution in [0.2, 0.25) is 0 Å². The van der Waals surface area contributed by atoms with Crippen molar-refractivity contribution in [1.82, 2.24) is 9.97 Å². The maximum Gasteiger partial charge on any atom is 0.433 e. The first kappa shape index (κ1) is 17.5. The second-order valence-electron chi connectivity index (χ2n) is 5.25. The van der Waals surface area contributed by atoms with Crippen molar-refractivity contribution in [3.8, 4) is 5.88 Å². The molecule has 120 valence electrons. The predicted molar refractivity (Wildman–Crippen MR) is 72.4 cm³/mol. The maximum atomic E-state index is 12.7. The van der Waals surface area contributed by atoms with Gasteiger partial charge < -0.3 is 14.8 Å². The van der Waals surface area contributed by atoms with Crippen molar-refractivity contribution in [2.45, 2.75) is 39.5 Å². The number of nitrogens with one attached hydrogen (secondary N) is 1. The van der Waals surface area contributed by atoms with E-state index in [4.69, 9.17) is 9.47 Å². The van der Waals surface area contributed by atoms with Gasteiger partial charge in [-0.3, -0.25) is 0 Å². The fraction of sp³-hybridized carbons (Fsp3) is 0.692. The molecular weight excluding hydrogens is 287 g/mol. The summed E-state index contributed by atoms with van der Waals surface area (Å²) in [5, 5.41) is 2.64. The molecule has 1 heterocycles. The van der Waals surface area contributed by atoms with E-state index in [1.807, 2.05) is 20.8 Å². The monoisotopic (exact) mass is 307 g/mol. The molecule has 0 aliphatic rings. The molecule has 1 aromatic rings. The van der Waals surface area contributed by atoms with Crippen LogP contribution in [0.4, 0.5) is 19.1 Å². The van der Waals surface area contributed by atoms with Crippen molar-refractivity contribution in [3.63, 3.8) is 0 Å². The Labute approximate surface area is 121 Å². The summed E-state index contributed by atoms with van der Waals surface area (Å²) in [6, 6.07) is 0.776. The average molecular weight is 307 g/mol. The van der Waals surface area contributed by atoms with Gasteiger partial charge in [0.25, 0.3) is 0 Å². The molecule has 0 aliphatic heterocycles. The first-order chi connectivity index (χ1) is 9.62. The maximum absolute atomic E-state index is 12.7. The lowest BCUT2D eigenvalue weighted by molar-refractivity contribution is -0.141. The average Bonchev–Trinajstić information content (AvgIpc) is 2.33. The summed E-state index contributed by atoms with van der Waals surface area (Å²) < 4.78 is 48.8. The van der Waals surface area contributed by atoms with Gasteiger partial charge in [0, 0.05) is 12.6 Å². The van der Waals surface area contributed by atoms with Gasteiger partial charge >= 0.3 is 6.18 Å². The Balaban J connectivity index is 2.74. The summed E-state index contributed by atoms with van der Waals surface area (Å²) >= 11 is 0. The lowest BCUT2D eigenvalue weighted by Gasteiger charge is -2.19. The van der Waals surface area contributed by atoms with Crippen LogP contribution in [-0.2, 0) is 10.9 Å². The third-order valence-electron chi connectivity index (χ3n) is 2.20. The molecule has 1 aromatic heterocycles. The SMILES string of the molecule is CCNc1nc(OCCOC(C)(C)C)cc(C(F)(F)F)n1. The zero-order chi connectivity index (χ0) is 16.1. The topological polar surface area (TPSA) is 56.3 Å². The number of hydrogen-bond donors (Lipinski definition) is 1. The number of rotatable bonds is 6. The molecule has 0 saturated heterocycles. The minimum absolute atomic E-state index is 0.108. The van der Waals surface area contributed by atoms with Crippen LogP contribution in [0.3, 0.4) is 0 Å². The van der Waals surface area contributed by atoms with E-state index in [1.165, 1.54) is 0 Å². The van der Waals surface area contributed by atoms with E-state index in [0.717, 1.165) is 6.07 Å². The smallest absolute Gasteiger partial charge is 0.433 e. The Bertz CT molecular complexity index is 459. The van der Waals surface area contributed by atoms with Crippen LogP contribution in [-0.4, -0.2) is 35.3 Å². The number of hydrogen-bond acceptors (Lipinski definition) is 5. The highest BCUT2D eigenvalue weighted by Gasteiger charge is 2.34. The lowest BCUT2D eigenvalue weighted by Crippen LogP contribution is -2.22. The second-order valence-corrected chi connectivity index (χ2v) is 5.25. The van der Waals surface area contributed by atoms with Gasteiger partial charge in [0.1, 0.15) is 6.61 Å². The standard InChI is InChI=1S/C13H20F3N3O2/c1-5-17-11-18-9(13(14,15)16)8-10(19-11)20-6-7-21-12(2,3)4/h8H,5-7H2,1-4H3,(H,17,18,19). The van der Waals surface area contributed by atoms with Crippen LogP contribution in [0, 0.1) is 0 Å². The molecule has 0 amide bonds. The summed E-state index contributed by atoms with van der Waals surface area (Å²) in [6.45, 7) is 8.14. The molecule has 0 radical (unpaired) electrons. The molecule has 0 aliphatic carbocycles. The molecular formula is C13H20F3N3O2. The largest absolute Gasteiger partial charge is 0.475 e. The summed E-state index contributed by atoms with van der Waals surface area (Å²) in [5.74, 6) is -0.246. The molecule has 5 nitrogen and oxygen atoms in total. The summed E-state index contributed by atoms with van der Waals surface area (Å²) in [5.41, 5.74) is -1.37. The van der Waals surface area contributed by atoms with Gasteiger partial charge in [0.15, 0.2) is 5.69 Å². The van der Waals surface area contributed by atoms with Crippen LogP contribution < -0.4 is 10.1 Å². The molecule has 8 heteroatoms. The highest BCUT2D eigenvalue weighted by atomic mass is 19.4. The van der Waals surface area contributed by atoms with E-state index in [2.05, 4.69) is 15.3 Å². The number of nitrogens with zero attached hydrogens (tertiary/aromatic N) is 2. The first-order valence-electron chi connectivity index (χ1n) is 6.58. The van der Waals surface area contributed by atoms with Crippen molar-refractivity contribution in [3.05, 3.63) is 11.8 Å². The highest BCUT2D eigenvalue weighted by Crippen LogP contribution is 2.30. The summed E-state index contributed by atoms with van der Waals surface area (Å²) in [7, 11) is 0. The molecule has 1 N–H and O–H groups in total. The first-order valence-corrected chi connectivity index (χ1v) is 6.58. The van der Waals surface area contributed by atoms with Crippen molar-refractivity contribution in [2.24, 2.45) is 0 Å². The van der Waals surface area contributed by atoms with Gasteiger partial charge in [0.05, 0.1) is 12.2 Å². The van der Waals surface area contributed by atoms with Crippen LogP contribution in [0.1, 0.15) is 33.4 Å². The Kier molecular flexibility index (Phi) is 5.77. The number of alkyl halides is 3. The van der Waals surface area contributed by atoms with E-state index in [-0.39, 0.29) is 30.6 Å². The molecule has 0 bridgehead atoms. The van der Waals surface area contributed by atoms with E-state index in [0.29, 0.717) is 6.54 Å². The van der Waals surface area contributed by atoms with Gasteiger partial charge in [-0.05, 0) is 27.7 Å². The van der Waals surface area contributed by atoms with Crippen LogP contribution in [0.15, 0.2) is 6.07 Å². The Morgan fingerprint density at radius 3 is 2.33 bits per heavy atom. The lowest BCUT2D eigenvalue weighted by atomic mass is 10.2. The highest BCUT2D eigenvalue weighted by molar-refractivity contribution is 5.31. The van der Waals surface area contributed by atoms with Crippen molar-refractivity contribution in [2.75, 3.05) is 25.1 Å². The molecule has 0 unspecified atom stereocenters. The van der Waals surface area contributed by atoms with Crippen LogP contribution in [0.25, 0.3) is 0 Å². The number of ether oxygens (including phenoxy) is 2. The molecule has 1 rings (SSSR count). The molecule has 0 aromatic carbocycles. The third kappa shape index (κ3) is 6.61. The van der Waals surface area contributed by atoms with E-state index in [1.54, 1.807) is 6.92 Å². The quantitative estimate of drug-likeness (QED) is 0.818. The van der Waals surface area contributed by atoms with Crippen molar-refractivity contribution < 1.29 is 22.6 Å². The Hall–Kier alpha value is -1.57. The Morgan fingerprint density at radius 1 is 1.14 bits per heavy atom. The summed E-state index contributed by atoms with van der Waals surface area (Å²) in [4.78, 5) is 7.27. The normalized spacial score (nSPS) is 12.3. The molecule has 0 atom stereocenters. The fourth-order valence-electron chi connectivity index (χ4n) is 1.38. The van der Waals surface area contributed by atoms with E-state index < -0.39 is 11.9 Å². The molecule has 0 saturated carbocycles. The van der Waals surface area contributed by atoms with Crippen molar-refractivity contribution in [1.29, 1.82) is 0 Å². The van der Waals surface area contributed by atoms with Gasteiger partial charge in [-0.1, -0.05) is 0 Å². The zero-order valence-corrected chi connectivity index (χ0v) is 12.5. The molecule has 21 heavy (non-hydrogen) atoms. The third-order valence-corrected chi connectivity index (χ3v) is 2.20. The van der Waals surface area contributed by atoms with Crippen molar-refractivity contribution >= 4 is 5.95 Å². The second kappa shape index (κ2) is 6.93. The predicted octanol–water partition coefficient (Wildman–Crippen LogP) is 3.12. The zero-order valence-electron chi connectivity index (χ0n) is 12.5. The number of halogens is 3. The fourth-order valence-corrected chi connectivity index (χ4v) is 1.38. The van der Waals surface area contributed by atoms with Gasteiger partial charge in [-0.2, -0.15) is 18.2 Å². The Morgan fingerprint density at radius 2 is 1.81 bits per heavy atom. The number of anilines is 1. The van der Waals surface area contributed by atoms with Crippen LogP contribution >= 0.6 is 0 Å². The summed E-state index contributed by atoms with van der Waals surface area (Å²) in [6.07, 6.45) is -4.55. The van der Waals surface area contributed by atoms with Gasteiger partial charge in [-0.15, -0.1) is 0 Å². The van der Waals surface area contributed by atoms with Crippen LogP contribution in [0.5, 0.6) is 5.88 Å². The number of aromatic nitrogens is 2. The molecule has 0 spiro atoms. The molecule has 0 fully saturated rings. The van der Waals surface area contributed by atoms with E-state index in [9.17, 15) is 13.2 Å². The minimum Gasteiger partial charge on any atom is -0.475 e. The van der Waals surface area contributed by atoms with Gasteiger partial charge in [-0.25, -0.2) is 4.98 Å².